The van der Waals surface area contributed by atoms with E-state index in [4.69, 9.17) is 14.0 Å². The zero-order chi connectivity index (χ0) is 33.8. The Hall–Kier alpha value is -3.87. The molecule has 4 amide bonds. The van der Waals surface area contributed by atoms with Crippen molar-refractivity contribution in [1.29, 1.82) is 0 Å². The standard InChI is InChI=1S/C30H45N4O10P/c1-7-10-11-12-23(24(8-2)34(19-35)44-29(38)33-30(4,5)6)27(36)31-18-32-28(37)26-14-13-25(43-26)20-15-21(42-9-3)17-22(16-20)45(39,40)41/h13-17,19,23-24H,7-12,18H2,1-6H3,(H,31,36)(H,32,37)(H,33,38)(H2,39,40,41). The molecule has 5 N–H and O–H groups in total. The SMILES string of the molecule is CCCCCC(C(=O)NCNC(=O)c1ccc(-c2cc(OCC)cc(P(=O)(O)O)c2)o1)C(CC)N(C=O)OC(=O)NC(C)(C)C. The topological polar surface area (TPSA) is 197 Å². The van der Waals surface area contributed by atoms with Crippen molar-refractivity contribution in [3.05, 3.63) is 36.1 Å². The van der Waals surface area contributed by atoms with Crippen LogP contribution in [0.4, 0.5) is 4.79 Å². The molecule has 15 heteroatoms. The number of benzene rings is 1. The highest BCUT2D eigenvalue weighted by Gasteiger charge is 2.34. The van der Waals surface area contributed by atoms with Crippen molar-refractivity contribution in [2.45, 2.75) is 85.2 Å². The number of amides is 4. The lowest BCUT2D eigenvalue weighted by molar-refractivity contribution is -0.169. The average molecular weight is 653 g/mol. The highest BCUT2D eigenvalue weighted by atomic mass is 31.2. The second-order valence-corrected chi connectivity index (χ2v) is 13.0. The fourth-order valence-electron chi connectivity index (χ4n) is 4.54. The summed E-state index contributed by atoms with van der Waals surface area (Å²) >= 11 is 0. The molecular weight excluding hydrogens is 607 g/mol. The maximum absolute atomic E-state index is 13.3. The van der Waals surface area contributed by atoms with Gasteiger partial charge >= 0.3 is 13.7 Å². The van der Waals surface area contributed by atoms with E-state index in [1.807, 2.05) is 6.92 Å². The number of nitrogens with zero attached hydrogens (tertiary/aromatic N) is 1. The molecule has 0 bridgehead atoms. The quantitative estimate of drug-likeness (QED) is 0.0551. The molecule has 45 heavy (non-hydrogen) atoms. The van der Waals surface area contributed by atoms with Crippen molar-refractivity contribution < 1.29 is 47.5 Å². The number of unbranched alkanes of at least 4 members (excludes halogenated alkanes) is 2. The van der Waals surface area contributed by atoms with Crippen molar-refractivity contribution in [1.82, 2.24) is 21.0 Å². The third-order valence-corrected chi connectivity index (χ3v) is 7.53. The van der Waals surface area contributed by atoms with Gasteiger partial charge in [0.25, 0.3) is 5.91 Å². The number of carbonyl (C=O) groups is 4. The maximum atomic E-state index is 13.3. The van der Waals surface area contributed by atoms with Gasteiger partial charge in [0.1, 0.15) is 11.5 Å². The van der Waals surface area contributed by atoms with Crippen molar-refractivity contribution in [2.75, 3.05) is 13.3 Å². The fourth-order valence-corrected chi connectivity index (χ4v) is 5.14. The largest absolute Gasteiger partial charge is 0.494 e. The van der Waals surface area contributed by atoms with Crippen LogP contribution in [-0.4, -0.2) is 64.0 Å². The van der Waals surface area contributed by atoms with Crippen LogP contribution in [0, 0.1) is 5.92 Å². The van der Waals surface area contributed by atoms with Crippen LogP contribution in [-0.2, 0) is 19.0 Å². The minimum absolute atomic E-state index is 0.102. The van der Waals surface area contributed by atoms with Gasteiger partial charge in [-0.05, 0) is 70.9 Å². The van der Waals surface area contributed by atoms with Gasteiger partial charge in [0.05, 0.1) is 30.5 Å². The minimum Gasteiger partial charge on any atom is -0.494 e. The monoisotopic (exact) mass is 652 g/mol. The van der Waals surface area contributed by atoms with Crippen LogP contribution in [0.25, 0.3) is 11.3 Å². The molecule has 0 saturated heterocycles. The Labute approximate surface area is 263 Å². The Morgan fingerprint density at radius 3 is 2.36 bits per heavy atom. The van der Waals surface area contributed by atoms with E-state index in [2.05, 4.69) is 16.0 Å². The van der Waals surface area contributed by atoms with Gasteiger partial charge in [0.15, 0.2) is 5.76 Å². The predicted octanol–water partition coefficient (Wildman–Crippen LogP) is 3.83. The number of furan rings is 1. The summed E-state index contributed by atoms with van der Waals surface area (Å²) in [6.07, 6.45) is 2.74. The molecule has 1 heterocycles. The Bertz CT molecular complexity index is 1350. The number of nitrogens with one attached hydrogen (secondary N) is 3. The van der Waals surface area contributed by atoms with Crippen molar-refractivity contribution >= 4 is 37.2 Å². The molecule has 2 aromatic rings. The van der Waals surface area contributed by atoms with Gasteiger partial charge in [-0.3, -0.25) is 18.9 Å². The zero-order valence-corrected chi connectivity index (χ0v) is 27.5. The highest BCUT2D eigenvalue weighted by molar-refractivity contribution is 7.60. The highest BCUT2D eigenvalue weighted by Crippen LogP contribution is 2.37. The second kappa shape index (κ2) is 17.0. The van der Waals surface area contributed by atoms with Crippen LogP contribution < -0.4 is 26.0 Å². The fraction of sp³-hybridized carbons (Fsp3) is 0.533. The Kier molecular flexibility index (Phi) is 14.1. The summed E-state index contributed by atoms with van der Waals surface area (Å²) in [7, 11) is -4.60. The molecule has 0 saturated carbocycles. The lowest BCUT2D eigenvalue weighted by Gasteiger charge is -2.32. The van der Waals surface area contributed by atoms with Crippen LogP contribution in [0.5, 0.6) is 5.75 Å². The number of ether oxygens (including phenoxy) is 1. The first-order chi connectivity index (χ1) is 21.1. The van der Waals surface area contributed by atoms with Crippen LogP contribution >= 0.6 is 7.60 Å². The van der Waals surface area contributed by atoms with Gasteiger partial charge in [-0.1, -0.05) is 33.1 Å². The minimum atomic E-state index is -4.60. The van der Waals surface area contributed by atoms with E-state index in [1.165, 1.54) is 30.3 Å². The number of rotatable bonds is 17. The molecule has 0 radical (unpaired) electrons. The van der Waals surface area contributed by atoms with Gasteiger partial charge in [0.2, 0.25) is 12.3 Å². The molecule has 1 aromatic heterocycles. The van der Waals surface area contributed by atoms with E-state index < -0.39 is 43.0 Å². The molecule has 1 aromatic carbocycles. The molecule has 0 aliphatic carbocycles. The summed E-state index contributed by atoms with van der Waals surface area (Å²) in [5.74, 6) is -1.53. The number of hydrogen-bond donors (Lipinski definition) is 5. The van der Waals surface area contributed by atoms with Crippen LogP contribution in [0.3, 0.4) is 0 Å². The molecule has 2 rings (SSSR count). The molecule has 2 atom stereocenters. The Balaban J connectivity index is 2.13. The summed E-state index contributed by atoms with van der Waals surface area (Å²) in [6.45, 7) is 10.8. The van der Waals surface area contributed by atoms with Gasteiger partial charge in [-0.15, -0.1) is 0 Å². The smallest absolute Gasteiger partial charge is 0.432 e. The van der Waals surface area contributed by atoms with Gasteiger partial charge in [-0.2, -0.15) is 5.06 Å². The van der Waals surface area contributed by atoms with Crippen LogP contribution in [0.2, 0.25) is 0 Å². The lowest BCUT2D eigenvalue weighted by Crippen LogP contribution is -2.51. The first-order valence-electron chi connectivity index (χ1n) is 14.9. The predicted molar refractivity (Wildman–Crippen MR) is 166 cm³/mol. The van der Waals surface area contributed by atoms with Crippen molar-refractivity contribution in [3.8, 4) is 17.1 Å². The van der Waals surface area contributed by atoms with E-state index >= 15 is 0 Å². The van der Waals surface area contributed by atoms with Gasteiger partial charge in [0, 0.05) is 11.1 Å². The molecule has 0 spiro atoms. The summed E-state index contributed by atoms with van der Waals surface area (Å²) in [4.78, 5) is 74.9. The molecule has 0 fully saturated rings. The van der Waals surface area contributed by atoms with E-state index in [0.717, 1.165) is 17.9 Å². The summed E-state index contributed by atoms with van der Waals surface area (Å²) in [5, 5.41) is 8.43. The Morgan fingerprint density at radius 1 is 1.07 bits per heavy atom. The van der Waals surface area contributed by atoms with Crippen molar-refractivity contribution in [3.63, 3.8) is 0 Å². The molecule has 0 aliphatic rings. The first kappa shape index (κ1) is 37.3. The molecule has 250 valence electrons. The first-order valence-corrected chi connectivity index (χ1v) is 16.5. The van der Waals surface area contributed by atoms with Crippen molar-refractivity contribution in [2.24, 2.45) is 5.92 Å². The van der Waals surface area contributed by atoms with E-state index in [0.29, 0.717) is 31.2 Å². The normalized spacial score (nSPS) is 12.9. The summed E-state index contributed by atoms with van der Waals surface area (Å²) in [5.41, 5.74) is -0.303. The molecular formula is C30H45N4O10P. The molecule has 0 aliphatic heterocycles. The van der Waals surface area contributed by atoms with Crippen LogP contribution in [0.15, 0.2) is 34.7 Å². The van der Waals surface area contributed by atoms with Gasteiger partial charge in [-0.25, -0.2) is 4.79 Å². The third kappa shape index (κ3) is 11.9. The number of carbonyl (C=O) groups excluding carboxylic acids is 4. The van der Waals surface area contributed by atoms with E-state index in [-0.39, 0.29) is 35.9 Å². The number of hydrogen-bond acceptors (Lipinski definition) is 8. The van der Waals surface area contributed by atoms with E-state index in [9.17, 15) is 33.5 Å². The summed E-state index contributed by atoms with van der Waals surface area (Å²) < 4.78 is 22.9. The number of hydroxylamine groups is 2. The zero-order valence-electron chi connectivity index (χ0n) is 26.6. The summed E-state index contributed by atoms with van der Waals surface area (Å²) in [6, 6.07) is 6.14. The van der Waals surface area contributed by atoms with E-state index in [1.54, 1.807) is 34.6 Å². The third-order valence-electron chi connectivity index (χ3n) is 6.60. The molecule has 14 nitrogen and oxygen atoms in total. The lowest BCUT2D eigenvalue weighted by atomic mass is 9.90. The van der Waals surface area contributed by atoms with Gasteiger partial charge < -0.3 is 39.7 Å². The second-order valence-electron chi connectivity index (χ2n) is 11.4. The average Bonchev–Trinajstić information content (AvgIpc) is 3.45. The molecule has 2 unspecified atom stereocenters. The van der Waals surface area contributed by atoms with Crippen LogP contribution in [0.1, 0.15) is 84.2 Å². The maximum Gasteiger partial charge on any atom is 0.432 e. The Morgan fingerprint density at radius 2 is 1.78 bits per heavy atom.